The van der Waals surface area contributed by atoms with Crippen molar-refractivity contribution in [3.05, 3.63) is 59.7 Å². The second kappa shape index (κ2) is 12.7. The molecule has 2 amide bonds. The van der Waals surface area contributed by atoms with Crippen molar-refractivity contribution in [3.63, 3.8) is 0 Å². The normalized spacial score (nSPS) is 10.3. The second-order valence-corrected chi connectivity index (χ2v) is 6.92. The second-order valence-electron chi connectivity index (χ2n) is 6.51. The summed E-state index contributed by atoms with van der Waals surface area (Å²) in [6.07, 6.45) is 0. The third-order valence-electron chi connectivity index (χ3n) is 4.47. The van der Waals surface area contributed by atoms with Crippen molar-refractivity contribution < 1.29 is 19.1 Å². The van der Waals surface area contributed by atoms with E-state index in [1.54, 1.807) is 53.4 Å². The fraction of sp³-hybridized carbons (Fsp3) is 0.348. The first kappa shape index (κ1) is 24.3. The topological polar surface area (TPSA) is 79.9 Å². The van der Waals surface area contributed by atoms with Crippen LogP contribution >= 0.6 is 12.2 Å². The molecule has 0 heterocycles. The molecule has 0 fully saturated rings. The van der Waals surface area contributed by atoms with Crippen LogP contribution in [-0.2, 0) is 4.74 Å². The smallest absolute Gasteiger partial charge is 0.261 e. The molecule has 7 nitrogen and oxygen atoms in total. The highest BCUT2D eigenvalue weighted by molar-refractivity contribution is 7.80. The zero-order valence-corrected chi connectivity index (χ0v) is 19.0. The predicted molar refractivity (Wildman–Crippen MR) is 126 cm³/mol. The molecule has 31 heavy (non-hydrogen) atoms. The standard InChI is InChI=1S/C23H29N3O4S/c1-4-26(5-2)22(28)17-10-9-11-18(16-17)24-23(31)25-21(27)19-12-7-8-13-20(19)30-15-14-29-6-3/h7-13,16H,4-6,14-15H2,1-3H3,(H2,24,25,27,31). The van der Waals surface area contributed by atoms with Crippen LogP contribution in [0.1, 0.15) is 41.5 Å². The summed E-state index contributed by atoms with van der Waals surface area (Å²) in [4.78, 5) is 27.0. The van der Waals surface area contributed by atoms with Gasteiger partial charge >= 0.3 is 0 Å². The maximum Gasteiger partial charge on any atom is 0.261 e. The lowest BCUT2D eigenvalue weighted by molar-refractivity contribution is 0.0772. The van der Waals surface area contributed by atoms with Gasteiger partial charge in [-0.2, -0.15) is 0 Å². The Kier molecular flexibility index (Phi) is 9.93. The summed E-state index contributed by atoms with van der Waals surface area (Å²) in [7, 11) is 0. The minimum Gasteiger partial charge on any atom is -0.490 e. The SMILES string of the molecule is CCOCCOc1ccccc1C(=O)NC(=S)Nc1cccc(C(=O)N(CC)CC)c1. The highest BCUT2D eigenvalue weighted by atomic mass is 32.1. The first-order valence-corrected chi connectivity index (χ1v) is 10.7. The highest BCUT2D eigenvalue weighted by Crippen LogP contribution is 2.18. The number of thiocarbonyl (C=S) groups is 1. The molecule has 2 N–H and O–H groups in total. The number of anilines is 1. The number of hydrogen-bond acceptors (Lipinski definition) is 5. The van der Waals surface area contributed by atoms with E-state index in [-0.39, 0.29) is 16.9 Å². The Bertz CT molecular complexity index is 900. The summed E-state index contributed by atoms with van der Waals surface area (Å²) in [6.45, 7) is 8.43. The molecule has 0 radical (unpaired) electrons. The van der Waals surface area contributed by atoms with Gasteiger partial charge in [0.2, 0.25) is 0 Å². The van der Waals surface area contributed by atoms with Crippen molar-refractivity contribution in [1.82, 2.24) is 10.2 Å². The average molecular weight is 444 g/mol. The molecule has 0 unspecified atom stereocenters. The van der Waals surface area contributed by atoms with Crippen LogP contribution in [0.4, 0.5) is 5.69 Å². The van der Waals surface area contributed by atoms with Crippen LogP contribution in [-0.4, -0.2) is 54.7 Å². The van der Waals surface area contributed by atoms with Gasteiger partial charge in [-0.1, -0.05) is 18.2 Å². The summed E-state index contributed by atoms with van der Waals surface area (Å²) in [6, 6.07) is 13.9. The number of benzene rings is 2. The molecule has 2 aromatic carbocycles. The van der Waals surface area contributed by atoms with Gasteiger partial charge < -0.3 is 19.7 Å². The van der Waals surface area contributed by atoms with Crippen molar-refractivity contribution in [1.29, 1.82) is 0 Å². The van der Waals surface area contributed by atoms with Crippen LogP contribution in [0.15, 0.2) is 48.5 Å². The third kappa shape index (κ3) is 7.34. The number of para-hydroxylation sites is 1. The predicted octanol–water partition coefficient (Wildman–Crippen LogP) is 3.71. The van der Waals surface area contributed by atoms with Crippen LogP contribution < -0.4 is 15.4 Å². The Morgan fingerprint density at radius 2 is 1.74 bits per heavy atom. The van der Waals surface area contributed by atoms with Crippen molar-refractivity contribution in [2.45, 2.75) is 20.8 Å². The van der Waals surface area contributed by atoms with E-state index in [0.717, 1.165) is 0 Å². The van der Waals surface area contributed by atoms with Crippen molar-refractivity contribution in [3.8, 4) is 5.75 Å². The molecule has 166 valence electrons. The van der Waals surface area contributed by atoms with E-state index in [2.05, 4.69) is 10.6 Å². The van der Waals surface area contributed by atoms with Gasteiger partial charge in [0.1, 0.15) is 12.4 Å². The monoisotopic (exact) mass is 443 g/mol. The van der Waals surface area contributed by atoms with Crippen LogP contribution in [0.2, 0.25) is 0 Å². The molecule has 2 aromatic rings. The lowest BCUT2D eigenvalue weighted by atomic mass is 10.1. The zero-order valence-electron chi connectivity index (χ0n) is 18.1. The number of amides is 2. The van der Waals surface area contributed by atoms with Gasteiger partial charge in [-0.3, -0.25) is 14.9 Å². The molecule has 0 atom stereocenters. The molecule has 0 aliphatic rings. The molecule has 0 aromatic heterocycles. The number of nitrogens with one attached hydrogen (secondary N) is 2. The first-order chi connectivity index (χ1) is 15.0. The van der Waals surface area contributed by atoms with E-state index in [1.807, 2.05) is 20.8 Å². The van der Waals surface area contributed by atoms with E-state index >= 15 is 0 Å². The van der Waals surface area contributed by atoms with E-state index < -0.39 is 0 Å². The largest absolute Gasteiger partial charge is 0.490 e. The first-order valence-electron chi connectivity index (χ1n) is 10.3. The average Bonchev–Trinajstić information content (AvgIpc) is 2.77. The van der Waals surface area contributed by atoms with Crippen LogP contribution in [0.25, 0.3) is 0 Å². The van der Waals surface area contributed by atoms with Gasteiger partial charge in [0.25, 0.3) is 11.8 Å². The fourth-order valence-corrected chi connectivity index (χ4v) is 3.10. The molecule has 0 saturated heterocycles. The zero-order chi connectivity index (χ0) is 22.6. The highest BCUT2D eigenvalue weighted by Gasteiger charge is 2.15. The molecule has 2 rings (SSSR count). The minimum absolute atomic E-state index is 0.0540. The van der Waals surface area contributed by atoms with Crippen LogP contribution in [0, 0.1) is 0 Å². The van der Waals surface area contributed by atoms with Gasteiger partial charge in [-0.25, -0.2) is 0 Å². The summed E-state index contributed by atoms with van der Waals surface area (Å²) >= 11 is 5.28. The fourth-order valence-electron chi connectivity index (χ4n) is 2.89. The molecule has 0 saturated carbocycles. The Morgan fingerprint density at radius 1 is 1.00 bits per heavy atom. The van der Waals surface area contributed by atoms with Crippen LogP contribution in [0.5, 0.6) is 5.75 Å². The Balaban J connectivity index is 2.01. The Morgan fingerprint density at radius 3 is 2.45 bits per heavy atom. The van der Waals surface area contributed by atoms with E-state index in [1.165, 1.54) is 0 Å². The molecule has 8 heteroatoms. The minimum atomic E-state index is -0.389. The Hall–Kier alpha value is -2.97. The quantitative estimate of drug-likeness (QED) is 0.430. The van der Waals surface area contributed by atoms with Gasteiger partial charge in [0, 0.05) is 30.9 Å². The van der Waals surface area contributed by atoms with E-state index in [0.29, 0.717) is 55.5 Å². The van der Waals surface area contributed by atoms with Gasteiger partial charge in [-0.05, 0) is 63.3 Å². The number of rotatable bonds is 10. The lowest BCUT2D eigenvalue weighted by Gasteiger charge is -2.19. The summed E-state index contributed by atoms with van der Waals surface area (Å²) in [5.41, 5.74) is 1.54. The lowest BCUT2D eigenvalue weighted by Crippen LogP contribution is -2.34. The van der Waals surface area contributed by atoms with Crippen LogP contribution in [0.3, 0.4) is 0 Å². The summed E-state index contributed by atoms with van der Waals surface area (Å²) in [5, 5.41) is 5.74. The third-order valence-corrected chi connectivity index (χ3v) is 4.67. The van der Waals surface area contributed by atoms with Gasteiger partial charge in [0.15, 0.2) is 5.11 Å². The molecule has 0 bridgehead atoms. The maximum atomic E-state index is 12.7. The van der Waals surface area contributed by atoms with E-state index in [4.69, 9.17) is 21.7 Å². The maximum absolute atomic E-state index is 12.7. The van der Waals surface area contributed by atoms with Crippen molar-refractivity contribution in [2.75, 3.05) is 38.2 Å². The van der Waals surface area contributed by atoms with Crippen molar-refractivity contribution in [2.24, 2.45) is 0 Å². The van der Waals surface area contributed by atoms with Crippen molar-refractivity contribution >= 4 is 34.8 Å². The number of ether oxygens (including phenoxy) is 2. The van der Waals surface area contributed by atoms with E-state index in [9.17, 15) is 9.59 Å². The number of hydrogen-bond donors (Lipinski definition) is 2. The summed E-state index contributed by atoms with van der Waals surface area (Å²) < 4.78 is 10.9. The molecular formula is C23H29N3O4S. The molecule has 0 spiro atoms. The number of carbonyl (C=O) groups is 2. The molecular weight excluding hydrogens is 414 g/mol. The van der Waals surface area contributed by atoms with Gasteiger partial charge in [0.05, 0.1) is 12.2 Å². The van der Waals surface area contributed by atoms with Gasteiger partial charge in [-0.15, -0.1) is 0 Å². The summed E-state index contributed by atoms with van der Waals surface area (Å²) in [5.74, 6) is 0.0101. The number of carbonyl (C=O) groups excluding carboxylic acids is 2. The Labute approximate surface area is 188 Å². The molecule has 0 aliphatic heterocycles. The number of nitrogens with zero attached hydrogens (tertiary/aromatic N) is 1. The molecule has 0 aliphatic carbocycles.